The van der Waals surface area contributed by atoms with Gasteiger partial charge < -0.3 is 10.2 Å². The Morgan fingerprint density at radius 2 is 1.77 bits per heavy atom. The van der Waals surface area contributed by atoms with Crippen LogP contribution in [0.3, 0.4) is 0 Å². The van der Waals surface area contributed by atoms with Crippen LogP contribution >= 0.6 is 22.6 Å². The van der Waals surface area contributed by atoms with E-state index < -0.39 is 0 Å². The van der Waals surface area contributed by atoms with E-state index >= 15 is 0 Å². The molecule has 0 aliphatic rings. The minimum Gasteiger partial charge on any atom is -0.315 e. The van der Waals surface area contributed by atoms with Crippen LogP contribution in [0.5, 0.6) is 0 Å². The van der Waals surface area contributed by atoms with Crippen molar-refractivity contribution >= 4 is 22.6 Å². The second-order valence-electron chi connectivity index (χ2n) is 3.17. The molecule has 0 aromatic carbocycles. The first-order valence-corrected chi connectivity index (χ1v) is 6.86. The highest BCUT2D eigenvalue weighted by Gasteiger charge is 1.96. The molecule has 80 valence electrons. The molecule has 0 aliphatic carbocycles. The summed E-state index contributed by atoms with van der Waals surface area (Å²) >= 11 is 2.44. The third-order valence-corrected chi connectivity index (χ3v) is 3.00. The molecule has 0 bridgehead atoms. The molecule has 0 aromatic rings. The maximum atomic E-state index is 3.47. The molecular formula is C10H23IN2. The topological polar surface area (TPSA) is 15.3 Å². The third kappa shape index (κ3) is 8.97. The van der Waals surface area contributed by atoms with Crippen molar-refractivity contribution in [2.45, 2.75) is 26.7 Å². The number of nitrogens with one attached hydrogen (secondary N) is 1. The fraction of sp³-hybridized carbons (Fsp3) is 1.00. The van der Waals surface area contributed by atoms with Crippen molar-refractivity contribution in [1.29, 1.82) is 0 Å². The van der Waals surface area contributed by atoms with E-state index in [-0.39, 0.29) is 0 Å². The molecule has 0 saturated heterocycles. The second-order valence-corrected chi connectivity index (χ2v) is 4.25. The van der Waals surface area contributed by atoms with Crippen LogP contribution in [-0.4, -0.2) is 42.1 Å². The van der Waals surface area contributed by atoms with Gasteiger partial charge in [-0.3, -0.25) is 0 Å². The number of unbranched alkanes of at least 4 members (excludes halogenated alkanes) is 1. The van der Waals surface area contributed by atoms with Crippen LogP contribution in [-0.2, 0) is 0 Å². The smallest absolute Gasteiger partial charge is 0.0107 e. The molecule has 2 nitrogen and oxygen atoms in total. The average Bonchev–Trinajstić information content (AvgIpc) is 2.17. The molecule has 0 aliphatic heterocycles. The van der Waals surface area contributed by atoms with Crippen LogP contribution in [0.1, 0.15) is 26.7 Å². The predicted molar refractivity (Wildman–Crippen MR) is 68.8 cm³/mol. The van der Waals surface area contributed by atoms with Gasteiger partial charge in [-0.15, -0.1) is 0 Å². The highest BCUT2D eigenvalue weighted by molar-refractivity contribution is 14.1. The number of hydrogen-bond donors (Lipinski definition) is 1. The Balaban J connectivity index is 3.05. The SMILES string of the molecule is CCN(CC)CCNCCCCI. The minimum absolute atomic E-state index is 1.14. The zero-order valence-corrected chi connectivity index (χ0v) is 11.1. The van der Waals surface area contributed by atoms with E-state index in [9.17, 15) is 0 Å². The molecule has 0 amide bonds. The molecule has 0 heterocycles. The zero-order valence-electron chi connectivity index (χ0n) is 8.98. The van der Waals surface area contributed by atoms with Crippen molar-refractivity contribution in [2.75, 3.05) is 37.2 Å². The zero-order chi connectivity index (χ0) is 9.94. The lowest BCUT2D eigenvalue weighted by Gasteiger charge is -2.17. The van der Waals surface area contributed by atoms with E-state index in [4.69, 9.17) is 0 Å². The van der Waals surface area contributed by atoms with Gasteiger partial charge in [-0.25, -0.2) is 0 Å². The summed E-state index contributed by atoms with van der Waals surface area (Å²) in [5.74, 6) is 0. The second kappa shape index (κ2) is 10.7. The first kappa shape index (κ1) is 13.7. The molecule has 0 spiro atoms. The summed E-state index contributed by atoms with van der Waals surface area (Å²) in [5, 5.41) is 3.47. The van der Waals surface area contributed by atoms with Crippen LogP contribution in [0.25, 0.3) is 0 Å². The molecular weight excluding hydrogens is 275 g/mol. The van der Waals surface area contributed by atoms with Crippen molar-refractivity contribution < 1.29 is 0 Å². The number of rotatable bonds is 9. The normalized spacial score (nSPS) is 11.1. The van der Waals surface area contributed by atoms with E-state index in [2.05, 4.69) is 46.7 Å². The molecule has 0 fully saturated rings. The fourth-order valence-corrected chi connectivity index (χ4v) is 1.79. The van der Waals surface area contributed by atoms with Crippen LogP contribution in [0, 0.1) is 0 Å². The Bertz CT molecular complexity index is 94.9. The fourth-order valence-electron chi connectivity index (χ4n) is 1.25. The Morgan fingerprint density at radius 3 is 2.31 bits per heavy atom. The molecule has 1 N–H and O–H groups in total. The van der Waals surface area contributed by atoms with E-state index in [1.807, 2.05) is 0 Å². The summed E-state index contributed by atoms with van der Waals surface area (Å²) in [6.45, 7) is 10.3. The molecule has 0 saturated carbocycles. The highest BCUT2D eigenvalue weighted by atomic mass is 127. The van der Waals surface area contributed by atoms with Crippen molar-refractivity contribution in [3.63, 3.8) is 0 Å². The van der Waals surface area contributed by atoms with Crippen LogP contribution in [0.2, 0.25) is 0 Å². The molecule has 0 aromatic heterocycles. The first-order chi connectivity index (χ1) is 6.35. The summed E-state index contributed by atoms with van der Waals surface area (Å²) in [7, 11) is 0. The lowest BCUT2D eigenvalue weighted by molar-refractivity contribution is 0.302. The van der Waals surface area contributed by atoms with Gasteiger partial charge in [-0.2, -0.15) is 0 Å². The monoisotopic (exact) mass is 298 g/mol. The lowest BCUT2D eigenvalue weighted by atomic mass is 10.3. The number of likely N-dealkylation sites (N-methyl/N-ethyl adjacent to an activating group) is 1. The van der Waals surface area contributed by atoms with Gasteiger partial charge in [0.1, 0.15) is 0 Å². The van der Waals surface area contributed by atoms with Crippen LogP contribution in [0.4, 0.5) is 0 Å². The molecule has 0 unspecified atom stereocenters. The molecule has 13 heavy (non-hydrogen) atoms. The van der Waals surface area contributed by atoms with Gasteiger partial charge in [-0.1, -0.05) is 36.4 Å². The first-order valence-electron chi connectivity index (χ1n) is 5.34. The minimum atomic E-state index is 1.14. The van der Waals surface area contributed by atoms with E-state index in [0.717, 1.165) is 6.54 Å². The summed E-state index contributed by atoms with van der Waals surface area (Å²) in [4.78, 5) is 2.45. The standard InChI is InChI=1S/C10H23IN2/c1-3-13(4-2)10-9-12-8-6-5-7-11/h12H,3-10H2,1-2H3. The maximum absolute atomic E-state index is 3.47. The Labute approximate surface area is 96.6 Å². The maximum Gasteiger partial charge on any atom is 0.0107 e. The van der Waals surface area contributed by atoms with Gasteiger partial charge >= 0.3 is 0 Å². The van der Waals surface area contributed by atoms with Crippen molar-refractivity contribution in [2.24, 2.45) is 0 Å². The Kier molecular flexibility index (Phi) is 11.3. The highest BCUT2D eigenvalue weighted by Crippen LogP contribution is 1.92. The van der Waals surface area contributed by atoms with Gasteiger partial charge in [0, 0.05) is 13.1 Å². The Hall–Kier alpha value is 0.650. The van der Waals surface area contributed by atoms with E-state index in [0.29, 0.717) is 0 Å². The number of alkyl halides is 1. The average molecular weight is 298 g/mol. The number of hydrogen-bond acceptors (Lipinski definition) is 2. The van der Waals surface area contributed by atoms with Gasteiger partial charge in [-0.05, 0) is 36.9 Å². The summed E-state index contributed by atoms with van der Waals surface area (Å²) in [6, 6.07) is 0. The van der Waals surface area contributed by atoms with Gasteiger partial charge in [0.05, 0.1) is 0 Å². The third-order valence-electron chi connectivity index (χ3n) is 2.24. The van der Waals surface area contributed by atoms with Crippen LogP contribution in [0.15, 0.2) is 0 Å². The van der Waals surface area contributed by atoms with Crippen molar-refractivity contribution in [1.82, 2.24) is 10.2 Å². The molecule has 0 radical (unpaired) electrons. The quantitative estimate of drug-likeness (QED) is 0.398. The van der Waals surface area contributed by atoms with Gasteiger partial charge in [0.15, 0.2) is 0 Å². The van der Waals surface area contributed by atoms with E-state index in [1.165, 1.54) is 43.4 Å². The largest absolute Gasteiger partial charge is 0.315 e. The molecule has 0 atom stereocenters. The van der Waals surface area contributed by atoms with E-state index in [1.54, 1.807) is 0 Å². The summed E-state index contributed by atoms with van der Waals surface area (Å²) in [6.07, 6.45) is 2.67. The Morgan fingerprint density at radius 1 is 1.08 bits per heavy atom. The van der Waals surface area contributed by atoms with Crippen molar-refractivity contribution in [3.05, 3.63) is 0 Å². The van der Waals surface area contributed by atoms with Crippen LogP contribution < -0.4 is 5.32 Å². The van der Waals surface area contributed by atoms with Gasteiger partial charge in [0.2, 0.25) is 0 Å². The molecule has 3 heteroatoms. The number of halogens is 1. The number of nitrogens with zero attached hydrogens (tertiary/aromatic N) is 1. The predicted octanol–water partition coefficient (Wildman–Crippen LogP) is 2.13. The van der Waals surface area contributed by atoms with Gasteiger partial charge in [0.25, 0.3) is 0 Å². The summed E-state index contributed by atoms with van der Waals surface area (Å²) < 4.78 is 1.29. The molecule has 0 rings (SSSR count). The lowest BCUT2D eigenvalue weighted by Crippen LogP contribution is -2.32. The summed E-state index contributed by atoms with van der Waals surface area (Å²) in [5.41, 5.74) is 0. The van der Waals surface area contributed by atoms with Crippen molar-refractivity contribution in [3.8, 4) is 0 Å².